The van der Waals surface area contributed by atoms with Crippen LogP contribution in [0.2, 0.25) is 0 Å². The second kappa shape index (κ2) is 5.10. The molecule has 0 saturated carbocycles. The topological polar surface area (TPSA) is 21.3 Å². The number of alkyl halides is 2. The van der Waals surface area contributed by atoms with Gasteiger partial charge in [-0.3, -0.25) is 0 Å². The van der Waals surface area contributed by atoms with Gasteiger partial charge in [-0.15, -0.1) is 0 Å². The van der Waals surface area contributed by atoms with Gasteiger partial charge in [0, 0.05) is 25.1 Å². The van der Waals surface area contributed by atoms with Gasteiger partial charge in [0.05, 0.1) is 12.7 Å². The fourth-order valence-electron chi connectivity index (χ4n) is 1.95. The van der Waals surface area contributed by atoms with E-state index >= 15 is 0 Å². The molecule has 2 nitrogen and oxygen atoms in total. The molecule has 1 N–H and O–H groups in total. The van der Waals surface area contributed by atoms with Gasteiger partial charge in [-0.1, -0.05) is 25.1 Å². The Kier molecular flexibility index (Phi) is 3.74. The summed E-state index contributed by atoms with van der Waals surface area (Å²) < 4.78 is 32.7. The molecule has 1 saturated heterocycles. The minimum atomic E-state index is -2.75. The molecule has 1 aliphatic rings. The average molecular weight is 241 g/mol. The van der Waals surface area contributed by atoms with E-state index in [-0.39, 0.29) is 18.1 Å². The number of hydrogen-bond donors (Lipinski definition) is 1. The molecule has 0 aromatic heterocycles. The first kappa shape index (κ1) is 12.5. The van der Waals surface area contributed by atoms with Crippen LogP contribution < -0.4 is 5.32 Å². The van der Waals surface area contributed by atoms with E-state index in [1.54, 1.807) is 12.1 Å². The van der Waals surface area contributed by atoms with Crippen molar-refractivity contribution in [3.63, 3.8) is 0 Å². The highest BCUT2D eigenvalue weighted by molar-refractivity contribution is 5.28. The van der Waals surface area contributed by atoms with Gasteiger partial charge in [0.15, 0.2) is 0 Å². The molecule has 1 aliphatic heterocycles. The zero-order chi connectivity index (χ0) is 12.3. The fourth-order valence-corrected chi connectivity index (χ4v) is 1.95. The molecule has 2 rings (SSSR count). The molecule has 0 aliphatic carbocycles. The molecule has 0 amide bonds. The van der Waals surface area contributed by atoms with Crippen molar-refractivity contribution in [2.75, 3.05) is 19.7 Å². The summed E-state index contributed by atoms with van der Waals surface area (Å²) in [4.78, 5) is 0. The molecule has 0 radical (unpaired) electrons. The number of nitrogens with one attached hydrogen (secondary N) is 1. The lowest BCUT2D eigenvalue weighted by Gasteiger charge is -2.25. The average Bonchev–Trinajstić information content (AvgIpc) is 2.40. The van der Waals surface area contributed by atoms with Crippen LogP contribution in [-0.4, -0.2) is 19.7 Å². The van der Waals surface area contributed by atoms with Crippen LogP contribution in [0.3, 0.4) is 0 Å². The second-order valence-electron chi connectivity index (χ2n) is 4.25. The van der Waals surface area contributed by atoms with Gasteiger partial charge in [0.1, 0.15) is 0 Å². The smallest absolute Gasteiger partial charge is 0.273 e. The lowest BCUT2D eigenvalue weighted by Crippen LogP contribution is -2.33. The van der Waals surface area contributed by atoms with Crippen LogP contribution in [0.1, 0.15) is 30.6 Å². The Balaban J connectivity index is 2.21. The fraction of sp³-hybridized carbons (Fsp3) is 0.538. The summed E-state index contributed by atoms with van der Waals surface area (Å²) >= 11 is 0. The highest BCUT2D eigenvalue weighted by Gasteiger charge is 2.29. The van der Waals surface area contributed by atoms with Crippen molar-refractivity contribution in [2.45, 2.75) is 25.4 Å². The maximum absolute atomic E-state index is 13.6. The van der Waals surface area contributed by atoms with Crippen molar-refractivity contribution in [2.24, 2.45) is 0 Å². The molecule has 0 spiro atoms. The normalized spacial score (nSPS) is 21.5. The molecule has 94 valence electrons. The van der Waals surface area contributed by atoms with E-state index in [0.29, 0.717) is 13.2 Å². The van der Waals surface area contributed by atoms with Crippen LogP contribution in [0.25, 0.3) is 0 Å². The Morgan fingerprint density at radius 2 is 2.29 bits per heavy atom. The predicted molar refractivity (Wildman–Crippen MR) is 62.2 cm³/mol. The maximum atomic E-state index is 13.6. The van der Waals surface area contributed by atoms with Crippen molar-refractivity contribution in [3.8, 4) is 0 Å². The maximum Gasteiger partial charge on any atom is 0.273 e. The lowest BCUT2D eigenvalue weighted by molar-refractivity contribution is -0.00907. The molecule has 1 aromatic rings. The predicted octanol–water partition coefficient (Wildman–Crippen LogP) is 2.85. The summed E-state index contributed by atoms with van der Waals surface area (Å²) in [6.07, 6.45) is -0.295. The van der Waals surface area contributed by atoms with Crippen molar-refractivity contribution in [3.05, 3.63) is 35.4 Å². The summed E-state index contributed by atoms with van der Waals surface area (Å²) in [7, 11) is 0. The second-order valence-corrected chi connectivity index (χ2v) is 4.25. The standard InChI is InChI=1S/C13H17F2NO/c1-2-13(14,15)11-5-3-4-10(8-11)12-9-16-6-7-17-12/h3-5,8,12,16H,2,6-7,9H2,1H3. The van der Waals surface area contributed by atoms with Gasteiger partial charge in [0.2, 0.25) is 0 Å². The third-order valence-electron chi connectivity index (χ3n) is 3.05. The number of hydrogen-bond acceptors (Lipinski definition) is 2. The number of benzene rings is 1. The Labute approximate surface area is 100.0 Å². The first-order valence-corrected chi connectivity index (χ1v) is 5.94. The van der Waals surface area contributed by atoms with E-state index in [4.69, 9.17) is 4.74 Å². The van der Waals surface area contributed by atoms with Crippen molar-refractivity contribution < 1.29 is 13.5 Å². The summed E-state index contributed by atoms with van der Waals surface area (Å²) in [5, 5.41) is 3.19. The number of rotatable bonds is 3. The van der Waals surface area contributed by atoms with Gasteiger partial charge in [-0.25, -0.2) is 8.78 Å². The van der Waals surface area contributed by atoms with Crippen LogP contribution in [0.15, 0.2) is 24.3 Å². The lowest BCUT2D eigenvalue weighted by atomic mass is 10.0. The summed E-state index contributed by atoms with van der Waals surface area (Å²) in [5.41, 5.74) is 0.898. The zero-order valence-electron chi connectivity index (χ0n) is 9.88. The summed E-state index contributed by atoms with van der Waals surface area (Å²) in [6, 6.07) is 6.55. The number of morpholine rings is 1. The molecule has 0 bridgehead atoms. The van der Waals surface area contributed by atoms with E-state index in [2.05, 4.69) is 5.32 Å². The Bertz CT molecular complexity index is 375. The van der Waals surface area contributed by atoms with Gasteiger partial charge >= 0.3 is 0 Å². The van der Waals surface area contributed by atoms with Crippen LogP contribution in [-0.2, 0) is 10.7 Å². The minimum Gasteiger partial charge on any atom is -0.371 e. The third kappa shape index (κ3) is 2.82. The van der Waals surface area contributed by atoms with E-state index in [1.807, 2.05) is 6.07 Å². The molecule has 1 unspecified atom stereocenters. The first-order chi connectivity index (χ1) is 8.13. The van der Waals surface area contributed by atoms with Crippen LogP contribution in [0.4, 0.5) is 8.78 Å². The van der Waals surface area contributed by atoms with Crippen LogP contribution in [0.5, 0.6) is 0 Å². The summed E-state index contributed by atoms with van der Waals surface area (Å²) in [5.74, 6) is -2.75. The van der Waals surface area contributed by atoms with Gasteiger partial charge in [0.25, 0.3) is 5.92 Å². The van der Waals surface area contributed by atoms with E-state index < -0.39 is 5.92 Å². The Hall–Kier alpha value is -1.00. The molecule has 4 heteroatoms. The molecular weight excluding hydrogens is 224 g/mol. The summed E-state index contributed by atoms with van der Waals surface area (Å²) in [6.45, 7) is 3.62. The van der Waals surface area contributed by atoms with E-state index in [9.17, 15) is 8.78 Å². The molecule has 17 heavy (non-hydrogen) atoms. The van der Waals surface area contributed by atoms with E-state index in [0.717, 1.165) is 12.1 Å². The SMILES string of the molecule is CCC(F)(F)c1cccc(C2CNCCO2)c1. The molecule has 1 aromatic carbocycles. The van der Waals surface area contributed by atoms with E-state index in [1.165, 1.54) is 13.0 Å². The molecular formula is C13H17F2NO. The number of ether oxygens (including phenoxy) is 1. The third-order valence-corrected chi connectivity index (χ3v) is 3.05. The molecule has 1 heterocycles. The molecule has 1 fully saturated rings. The van der Waals surface area contributed by atoms with Crippen LogP contribution in [0, 0.1) is 0 Å². The first-order valence-electron chi connectivity index (χ1n) is 5.94. The van der Waals surface area contributed by atoms with Gasteiger partial charge in [-0.2, -0.15) is 0 Å². The quantitative estimate of drug-likeness (QED) is 0.878. The van der Waals surface area contributed by atoms with Gasteiger partial charge in [-0.05, 0) is 11.6 Å². The monoisotopic (exact) mass is 241 g/mol. The van der Waals surface area contributed by atoms with Crippen LogP contribution >= 0.6 is 0 Å². The Morgan fingerprint density at radius 1 is 1.47 bits per heavy atom. The zero-order valence-corrected chi connectivity index (χ0v) is 9.88. The van der Waals surface area contributed by atoms with Crippen molar-refractivity contribution >= 4 is 0 Å². The Morgan fingerprint density at radius 3 is 2.94 bits per heavy atom. The van der Waals surface area contributed by atoms with Gasteiger partial charge < -0.3 is 10.1 Å². The minimum absolute atomic E-state index is 0.0756. The molecule has 1 atom stereocenters. The highest BCUT2D eigenvalue weighted by atomic mass is 19.3. The number of halogens is 2. The highest BCUT2D eigenvalue weighted by Crippen LogP contribution is 2.33. The van der Waals surface area contributed by atoms with Crippen molar-refractivity contribution in [1.82, 2.24) is 5.32 Å². The van der Waals surface area contributed by atoms with Crippen molar-refractivity contribution in [1.29, 1.82) is 0 Å². The largest absolute Gasteiger partial charge is 0.371 e.